The lowest BCUT2D eigenvalue weighted by Crippen LogP contribution is -2.06. The van der Waals surface area contributed by atoms with Crippen LogP contribution in [0.3, 0.4) is 0 Å². The van der Waals surface area contributed by atoms with Crippen molar-refractivity contribution in [1.82, 2.24) is 0 Å². The zero-order chi connectivity index (χ0) is 12.0. The number of hydrogen-bond acceptors (Lipinski definition) is 3. The Morgan fingerprint density at radius 2 is 2.31 bits per heavy atom. The lowest BCUT2D eigenvalue weighted by Gasteiger charge is -2.07. The van der Waals surface area contributed by atoms with E-state index in [-0.39, 0.29) is 11.8 Å². The van der Waals surface area contributed by atoms with E-state index in [0.717, 1.165) is 0 Å². The van der Waals surface area contributed by atoms with Crippen molar-refractivity contribution in [3.63, 3.8) is 0 Å². The average Bonchev–Trinajstić information content (AvgIpc) is 2.28. The highest BCUT2D eigenvalue weighted by Crippen LogP contribution is 2.22. The Morgan fingerprint density at radius 3 is 3.00 bits per heavy atom. The molecule has 1 N–H and O–H groups in total. The first kappa shape index (κ1) is 12.8. The van der Waals surface area contributed by atoms with Crippen molar-refractivity contribution in [3.05, 3.63) is 29.0 Å². The minimum absolute atomic E-state index is 0.257. The monoisotopic (exact) mass is 245 g/mol. The van der Waals surface area contributed by atoms with Crippen LogP contribution in [-0.2, 0) is 9.53 Å². The van der Waals surface area contributed by atoms with Gasteiger partial charge in [0, 0.05) is 13.0 Å². The first-order valence-corrected chi connectivity index (χ1v) is 5.27. The number of benzene rings is 1. The molecule has 0 fully saturated rings. The predicted octanol–water partition coefficient (Wildman–Crippen LogP) is 2.84. The van der Waals surface area contributed by atoms with Crippen LogP contribution in [0.15, 0.2) is 18.2 Å². The van der Waals surface area contributed by atoms with E-state index in [0.29, 0.717) is 30.1 Å². The molecule has 5 heteroatoms. The van der Waals surface area contributed by atoms with Crippen molar-refractivity contribution in [2.24, 2.45) is 0 Å². The zero-order valence-electron chi connectivity index (χ0n) is 8.93. The molecule has 0 atom stereocenters. The molecule has 0 radical (unpaired) electrons. The van der Waals surface area contributed by atoms with E-state index in [1.165, 1.54) is 25.3 Å². The third kappa shape index (κ3) is 4.06. The summed E-state index contributed by atoms with van der Waals surface area (Å²) in [5.41, 5.74) is 0.534. The summed E-state index contributed by atoms with van der Waals surface area (Å²) in [5, 5.41) is 3.41. The molecule has 1 aromatic carbocycles. The minimum atomic E-state index is -0.347. The number of esters is 1. The highest BCUT2D eigenvalue weighted by Gasteiger charge is 2.02. The van der Waals surface area contributed by atoms with Crippen LogP contribution in [0, 0.1) is 5.82 Å². The zero-order valence-corrected chi connectivity index (χ0v) is 9.68. The molecule has 88 valence electrons. The lowest BCUT2D eigenvalue weighted by molar-refractivity contribution is -0.140. The predicted molar refractivity (Wildman–Crippen MR) is 61.1 cm³/mol. The first-order valence-electron chi connectivity index (χ1n) is 4.89. The van der Waals surface area contributed by atoms with Gasteiger partial charge in [0.2, 0.25) is 0 Å². The van der Waals surface area contributed by atoms with E-state index in [1.807, 2.05) is 0 Å². The van der Waals surface area contributed by atoms with Crippen molar-refractivity contribution >= 4 is 23.3 Å². The highest BCUT2D eigenvalue weighted by molar-refractivity contribution is 6.33. The van der Waals surface area contributed by atoms with Crippen molar-refractivity contribution in [2.45, 2.75) is 12.8 Å². The van der Waals surface area contributed by atoms with Gasteiger partial charge in [-0.2, -0.15) is 0 Å². The fraction of sp³-hybridized carbons (Fsp3) is 0.364. The van der Waals surface area contributed by atoms with E-state index in [9.17, 15) is 9.18 Å². The summed E-state index contributed by atoms with van der Waals surface area (Å²) in [4.78, 5) is 10.8. The Labute approximate surface area is 98.5 Å². The van der Waals surface area contributed by atoms with Gasteiger partial charge < -0.3 is 10.1 Å². The van der Waals surface area contributed by atoms with Gasteiger partial charge in [-0.15, -0.1) is 0 Å². The van der Waals surface area contributed by atoms with Gasteiger partial charge in [-0.1, -0.05) is 11.6 Å². The molecule has 0 unspecified atom stereocenters. The van der Waals surface area contributed by atoms with Gasteiger partial charge in [0.05, 0.1) is 17.8 Å². The second kappa shape index (κ2) is 6.33. The molecule has 1 rings (SSSR count). The van der Waals surface area contributed by atoms with Gasteiger partial charge in [-0.05, 0) is 24.6 Å². The van der Waals surface area contributed by atoms with Gasteiger partial charge >= 0.3 is 5.97 Å². The van der Waals surface area contributed by atoms with E-state index in [2.05, 4.69) is 10.1 Å². The van der Waals surface area contributed by atoms with Crippen molar-refractivity contribution in [2.75, 3.05) is 19.0 Å². The number of carbonyl (C=O) groups is 1. The largest absolute Gasteiger partial charge is 0.469 e. The fourth-order valence-electron chi connectivity index (χ4n) is 1.19. The van der Waals surface area contributed by atoms with Crippen LogP contribution in [0.2, 0.25) is 5.02 Å². The number of anilines is 1. The van der Waals surface area contributed by atoms with E-state index in [4.69, 9.17) is 11.6 Å². The third-order valence-corrected chi connectivity index (χ3v) is 2.36. The number of hydrogen-bond donors (Lipinski definition) is 1. The van der Waals surface area contributed by atoms with Gasteiger partial charge in [0.15, 0.2) is 0 Å². The molecule has 0 bridgehead atoms. The quantitative estimate of drug-likeness (QED) is 0.640. The van der Waals surface area contributed by atoms with E-state index >= 15 is 0 Å². The van der Waals surface area contributed by atoms with Crippen molar-refractivity contribution < 1.29 is 13.9 Å². The maximum atomic E-state index is 12.9. The Bertz CT molecular complexity index is 371. The summed E-state index contributed by atoms with van der Waals surface area (Å²) < 4.78 is 17.4. The van der Waals surface area contributed by atoms with Gasteiger partial charge in [0.1, 0.15) is 5.82 Å². The van der Waals surface area contributed by atoms with Crippen LogP contribution >= 0.6 is 11.6 Å². The summed E-state index contributed by atoms with van der Waals surface area (Å²) in [5.74, 6) is -0.605. The summed E-state index contributed by atoms with van der Waals surface area (Å²) >= 11 is 5.84. The molecule has 0 aliphatic rings. The first-order chi connectivity index (χ1) is 7.63. The minimum Gasteiger partial charge on any atom is -0.469 e. The second-order valence-corrected chi connectivity index (χ2v) is 3.64. The van der Waals surface area contributed by atoms with Crippen LogP contribution in [0.4, 0.5) is 10.1 Å². The standard InChI is InChI=1S/C11H13ClFNO2/c1-16-11(15)3-2-6-14-10-7-8(13)4-5-9(10)12/h4-5,7,14H,2-3,6H2,1H3. The number of methoxy groups -OCH3 is 1. The van der Waals surface area contributed by atoms with Crippen LogP contribution < -0.4 is 5.32 Å². The Hall–Kier alpha value is -1.29. The third-order valence-electron chi connectivity index (χ3n) is 2.03. The molecule has 0 aliphatic heterocycles. The molecule has 1 aromatic rings. The molecule has 0 saturated carbocycles. The van der Waals surface area contributed by atoms with Gasteiger partial charge in [0.25, 0.3) is 0 Å². The lowest BCUT2D eigenvalue weighted by atomic mass is 10.2. The maximum Gasteiger partial charge on any atom is 0.305 e. The SMILES string of the molecule is COC(=O)CCCNc1cc(F)ccc1Cl. The topological polar surface area (TPSA) is 38.3 Å². The molecule has 3 nitrogen and oxygen atoms in total. The second-order valence-electron chi connectivity index (χ2n) is 3.23. The fourth-order valence-corrected chi connectivity index (χ4v) is 1.38. The summed E-state index contributed by atoms with van der Waals surface area (Å²) in [7, 11) is 1.35. The molecular formula is C11H13ClFNO2. The molecule has 0 saturated heterocycles. The van der Waals surface area contributed by atoms with E-state index < -0.39 is 0 Å². The number of ether oxygens (including phenoxy) is 1. The van der Waals surface area contributed by atoms with Gasteiger partial charge in [-0.25, -0.2) is 4.39 Å². The molecule has 0 spiro atoms. The maximum absolute atomic E-state index is 12.9. The van der Waals surface area contributed by atoms with Crippen LogP contribution in [0.25, 0.3) is 0 Å². The number of carbonyl (C=O) groups excluding carboxylic acids is 1. The Morgan fingerprint density at radius 1 is 1.56 bits per heavy atom. The molecule has 0 aliphatic carbocycles. The van der Waals surface area contributed by atoms with Gasteiger partial charge in [-0.3, -0.25) is 4.79 Å². The highest BCUT2D eigenvalue weighted by atomic mass is 35.5. The molecule has 16 heavy (non-hydrogen) atoms. The average molecular weight is 246 g/mol. The Balaban J connectivity index is 2.37. The van der Waals surface area contributed by atoms with E-state index in [1.54, 1.807) is 0 Å². The number of rotatable bonds is 5. The molecule has 0 amide bonds. The van der Waals surface area contributed by atoms with Crippen molar-refractivity contribution in [1.29, 1.82) is 0 Å². The molecule has 0 heterocycles. The Kier molecular flexibility index (Phi) is 5.05. The smallest absolute Gasteiger partial charge is 0.305 e. The summed E-state index contributed by atoms with van der Waals surface area (Å²) in [6, 6.07) is 4.10. The summed E-state index contributed by atoms with van der Waals surface area (Å²) in [6.45, 7) is 0.540. The van der Waals surface area contributed by atoms with Crippen LogP contribution in [-0.4, -0.2) is 19.6 Å². The number of nitrogens with one attached hydrogen (secondary N) is 1. The number of halogens is 2. The normalized spacial score (nSPS) is 9.94. The van der Waals surface area contributed by atoms with Crippen LogP contribution in [0.5, 0.6) is 0 Å². The summed E-state index contributed by atoms with van der Waals surface area (Å²) in [6.07, 6.45) is 0.940. The van der Waals surface area contributed by atoms with Crippen molar-refractivity contribution in [3.8, 4) is 0 Å². The molecule has 0 aromatic heterocycles. The molecular weight excluding hydrogens is 233 g/mol. The van der Waals surface area contributed by atoms with Crippen LogP contribution in [0.1, 0.15) is 12.8 Å².